The molecule has 0 aromatic rings. The number of hydrogen-bond acceptors (Lipinski definition) is 4. The maximum atomic E-state index is 5.61. The van der Waals surface area contributed by atoms with Crippen molar-refractivity contribution in [2.45, 2.75) is 37.9 Å². The summed E-state index contributed by atoms with van der Waals surface area (Å²) in [5.74, 6) is 1.55. The molecule has 2 N–H and O–H groups in total. The van der Waals surface area contributed by atoms with E-state index in [2.05, 4.69) is 35.7 Å². The fourth-order valence-corrected chi connectivity index (χ4v) is 3.12. The van der Waals surface area contributed by atoms with Crippen molar-refractivity contribution in [1.29, 1.82) is 0 Å². The van der Waals surface area contributed by atoms with E-state index in [4.69, 9.17) is 9.47 Å². The highest BCUT2D eigenvalue weighted by Gasteiger charge is 2.31. The van der Waals surface area contributed by atoms with Crippen LogP contribution in [0.1, 0.15) is 33.1 Å². The van der Waals surface area contributed by atoms with Crippen molar-refractivity contribution >= 4 is 17.7 Å². The van der Waals surface area contributed by atoms with Crippen LogP contribution in [0.5, 0.6) is 0 Å². The molecule has 0 aromatic heterocycles. The average molecular weight is 332 g/mol. The smallest absolute Gasteiger partial charge is 0.191 e. The van der Waals surface area contributed by atoms with Gasteiger partial charge in [0, 0.05) is 44.7 Å². The number of nitrogens with zero attached hydrogens (tertiary/aromatic N) is 1. The van der Waals surface area contributed by atoms with E-state index in [0.29, 0.717) is 5.92 Å². The first-order valence-electron chi connectivity index (χ1n) is 8.27. The summed E-state index contributed by atoms with van der Waals surface area (Å²) >= 11 is 1.93. The first kappa shape index (κ1) is 19.6. The van der Waals surface area contributed by atoms with Crippen LogP contribution in [0.25, 0.3) is 0 Å². The van der Waals surface area contributed by atoms with E-state index in [1.54, 1.807) is 0 Å². The normalized spacial score (nSPS) is 18.5. The lowest BCUT2D eigenvalue weighted by Crippen LogP contribution is -2.48. The molecule has 22 heavy (non-hydrogen) atoms. The molecule has 0 spiro atoms. The highest BCUT2D eigenvalue weighted by Crippen LogP contribution is 2.32. The predicted molar refractivity (Wildman–Crippen MR) is 95.9 cm³/mol. The third kappa shape index (κ3) is 7.70. The quantitative estimate of drug-likeness (QED) is 0.385. The van der Waals surface area contributed by atoms with Crippen LogP contribution in [0.15, 0.2) is 4.99 Å². The Morgan fingerprint density at radius 3 is 2.59 bits per heavy atom. The van der Waals surface area contributed by atoms with Crippen LogP contribution in [0, 0.1) is 5.92 Å². The number of hydrogen-bond donors (Lipinski definition) is 2. The molecule has 1 fully saturated rings. The van der Waals surface area contributed by atoms with Crippen LogP contribution < -0.4 is 10.6 Å². The first-order valence-corrected chi connectivity index (χ1v) is 9.49. The third-order valence-electron chi connectivity index (χ3n) is 4.02. The van der Waals surface area contributed by atoms with Gasteiger partial charge in [-0.25, -0.2) is 0 Å². The molecule has 0 aliphatic carbocycles. The second-order valence-electron chi connectivity index (χ2n) is 6.15. The largest absolute Gasteiger partial charge is 0.381 e. The minimum Gasteiger partial charge on any atom is -0.381 e. The van der Waals surface area contributed by atoms with Crippen molar-refractivity contribution in [2.75, 3.05) is 52.8 Å². The molecule has 0 aromatic carbocycles. The van der Waals surface area contributed by atoms with Crippen LogP contribution in [0.4, 0.5) is 0 Å². The van der Waals surface area contributed by atoms with Crippen LogP contribution in [0.2, 0.25) is 0 Å². The first-order chi connectivity index (χ1) is 10.6. The molecule has 0 unspecified atom stereocenters. The maximum absolute atomic E-state index is 5.61. The van der Waals surface area contributed by atoms with Gasteiger partial charge >= 0.3 is 0 Å². The predicted octanol–water partition coefficient (Wildman–Crippen LogP) is 2.13. The zero-order chi connectivity index (χ0) is 16.3. The Kier molecular flexibility index (Phi) is 9.91. The topological polar surface area (TPSA) is 54.9 Å². The fraction of sp³-hybridized carbons (Fsp3) is 0.938. The molecular formula is C16H33N3O2S. The van der Waals surface area contributed by atoms with E-state index in [9.17, 15) is 0 Å². The minimum atomic E-state index is 0.267. The minimum absolute atomic E-state index is 0.267. The number of nitrogens with one attached hydrogen (secondary N) is 2. The van der Waals surface area contributed by atoms with Gasteiger partial charge in [-0.05, 0) is 31.4 Å². The number of guanidine groups is 1. The van der Waals surface area contributed by atoms with Gasteiger partial charge in [-0.2, -0.15) is 11.8 Å². The van der Waals surface area contributed by atoms with Crippen molar-refractivity contribution in [1.82, 2.24) is 10.6 Å². The molecule has 0 amide bonds. The lowest BCUT2D eigenvalue weighted by Gasteiger charge is -2.36. The van der Waals surface area contributed by atoms with Gasteiger partial charge in [-0.1, -0.05) is 13.8 Å². The molecule has 1 saturated heterocycles. The summed E-state index contributed by atoms with van der Waals surface area (Å²) in [4.78, 5) is 4.28. The summed E-state index contributed by atoms with van der Waals surface area (Å²) in [5, 5.41) is 6.76. The van der Waals surface area contributed by atoms with Crippen molar-refractivity contribution in [3.05, 3.63) is 0 Å². The SMILES string of the molecule is CN=C(NCCOCCC(C)C)NCC1(SC)CCOCC1. The molecule has 130 valence electrons. The monoisotopic (exact) mass is 331 g/mol. The molecule has 1 heterocycles. The standard InChI is InChI=1S/C16H33N3O2S/c1-14(2)5-9-20-12-8-18-15(17-3)19-13-16(22-4)6-10-21-11-7-16/h14H,5-13H2,1-4H3,(H2,17,18,19). The molecule has 0 atom stereocenters. The lowest BCUT2D eigenvalue weighted by molar-refractivity contribution is 0.0782. The molecule has 1 rings (SSSR count). The molecule has 0 saturated carbocycles. The van der Waals surface area contributed by atoms with Gasteiger partial charge in [0.25, 0.3) is 0 Å². The van der Waals surface area contributed by atoms with E-state index in [-0.39, 0.29) is 4.75 Å². The Morgan fingerprint density at radius 2 is 2.00 bits per heavy atom. The van der Waals surface area contributed by atoms with Gasteiger partial charge in [0.1, 0.15) is 0 Å². The zero-order valence-electron chi connectivity index (χ0n) is 14.6. The Hall–Kier alpha value is -0.460. The molecule has 1 aliphatic heterocycles. The molecule has 5 nitrogen and oxygen atoms in total. The Morgan fingerprint density at radius 1 is 1.27 bits per heavy atom. The highest BCUT2D eigenvalue weighted by molar-refractivity contribution is 8.00. The van der Waals surface area contributed by atoms with Gasteiger partial charge < -0.3 is 20.1 Å². The zero-order valence-corrected chi connectivity index (χ0v) is 15.4. The summed E-state index contributed by atoms with van der Waals surface area (Å²) in [5.41, 5.74) is 0. The average Bonchev–Trinajstić information content (AvgIpc) is 2.54. The van der Waals surface area contributed by atoms with Crippen molar-refractivity contribution in [3.8, 4) is 0 Å². The Bertz CT molecular complexity index is 319. The van der Waals surface area contributed by atoms with E-state index in [1.165, 1.54) is 0 Å². The number of ether oxygens (including phenoxy) is 2. The fourth-order valence-electron chi connectivity index (χ4n) is 2.32. The van der Waals surface area contributed by atoms with Gasteiger partial charge in [0.2, 0.25) is 0 Å². The summed E-state index contributed by atoms with van der Waals surface area (Å²) in [6.07, 6.45) is 5.49. The van der Waals surface area contributed by atoms with Gasteiger partial charge in [-0.3, -0.25) is 4.99 Å². The van der Waals surface area contributed by atoms with Gasteiger partial charge in [0.15, 0.2) is 5.96 Å². The third-order valence-corrected chi connectivity index (χ3v) is 5.44. The number of thioether (sulfide) groups is 1. The van der Waals surface area contributed by atoms with Crippen LogP contribution in [-0.2, 0) is 9.47 Å². The van der Waals surface area contributed by atoms with Crippen molar-refractivity contribution in [3.63, 3.8) is 0 Å². The number of aliphatic imine (C=N–C) groups is 1. The lowest BCUT2D eigenvalue weighted by atomic mass is 9.99. The second kappa shape index (κ2) is 11.1. The summed E-state index contributed by atoms with van der Waals surface area (Å²) < 4.78 is 11.4. The van der Waals surface area contributed by atoms with Crippen LogP contribution >= 0.6 is 11.8 Å². The molecule has 6 heteroatoms. The highest BCUT2D eigenvalue weighted by atomic mass is 32.2. The van der Waals surface area contributed by atoms with E-state index < -0.39 is 0 Å². The summed E-state index contributed by atoms with van der Waals surface area (Å²) in [6.45, 7) is 9.40. The Labute approximate surface area is 140 Å². The molecule has 1 aliphatic rings. The summed E-state index contributed by atoms with van der Waals surface area (Å²) in [7, 11) is 1.81. The van der Waals surface area contributed by atoms with Crippen LogP contribution in [0.3, 0.4) is 0 Å². The van der Waals surface area contributed by atoms with E-state index in [0.717, 1.165) is 64.7 Å². The van der Waals surface area contributed by atoms with Crippen molar-refractivity contribution in [2.24, 2.45) is 10.9 Å². The Balaban J connectivity index is 2.19. The molecule has 0 radical (unpaired) electrons. The van der Waals surface area contributed by atoms with Crippen LogP contribution in [-0.4, -0.2) is 63.5 Å². The van der Waals surface area contributed by atoms with E-state index in [1.807, 2.05) is 18.8 Å². The summed E-state index contributed by atoms with van der Waals surface area (Å²) in [6, 6.07) is 0. The molecular weight excluding hydrogens is 298 g/mol. The van der Waals surface area contributed by atoms with Crippen molar-refractivity contribution < 1.29 is 9.47 Å². The number of rotatable bonds is 9. The maximum Gasteiger partial charge on any atom is 0.191 e. The van der Waals surface area contributed by atoms with Gasteiger partial charge in [-0.15, -0.1) is 0 Å². The van der Waals surface area contributed by atoms with Gasteiger partial charge in [0.05, 0.1) is 6.61 Å². The molecule has 0 bridgehead atoms. The van der Waals surface area contributed by atoms with E-state index >= 15 is 0 Å². The second-order valence-corrected chi connectivity index (χ2v) is 7.42.